The van der Waals surface area contributed by atoms with Crippen LogP contribution in [0.3, 0.4) is 0 Å². The third-order valence-electron chi connectivity index (χ3n) is 6.17. The zero-order valence-corrected chi connectivity index (χ0v) is 15.1. The molecule has 2 heterocycles. The van der Waals surface area contributed by atoms with E-state index in [0.29, 0.717) is 24.5 Å². The normalized spacial score (nSPS) is 46.2. The van der Waals surface area contributed by atoms with Gasteiger partial charge < -0.3 is 14.6 Å². The second-order valence-electron chi connectivity index (χ2n) is 8.29. The fraction of sp³-hybridized carbons (Fsp3) is 0.750. The molecule has 4 heteroatoms. The Labute approximate surface area is 144 Å². The van der Waals surface area contributed by atoms with Crippen molar-refractivity contribution in [3.63, 3.8) is 0 Å². The number of aliphatic hydroxyl groups is 1. The lowest BCUT2D eigenvalue weighted by Crippen LogP contribution is -2.47. The monoisotopic (exact) mass is 334 g/mol. The third-order valence-corrected chi connectivity index (χ3v) is 6.17. The molecule has 3 aliphatic rings. The fourth-order valence-corrected chi connectivity index (χ4v) is 4.06. The van der Waals surface area contributed by atoms with Crippen LogP contribution in [0, 0.1) is 5.92 Å². The van der Waals surface area contributed by atoms with Crippen molar-refractivity contribution in [3.05, 3.63) is 23.8 Å². The van der Waals surface area contributed by atoms with E-state index in [0.717, 1.165) is 32.1 Å². The summed E-state index contributed by atoms with van der Waals surface area (Å²) in [6.07, 6.45) is 7.98. The molecule has 2 fully saturated rings. The Balaban J connectivity index is 1.80. The molecule has 0 spiro atoms. The van der Waals surface area contributed by atoms with Gasteiger partial charge in [-0.3, -0.25) is 0 Å². The smallest absolute Gasteiger partial charge is 0.334 e. The predicted octanol–water partition coefficient (Wildman–Crippen LogP) is 3.68. The van der Waals surface area contributed by atoms with E-state index in [9.17, 15) is 9.90 Å². The molecule has 2 aliphatic heterocycles. The second kappa shape index (κ2) is 6.30. The van der Waals surface area contributed by atoms with Crippen LogP contribution in [0.4, 0.5) is 0 Å². The number of carbonyl (C=O) groups is 1. The standard InChI is InChI=1S/C20H30O4/c1-13-6-5-10-19(3,22)17-12-15(14(2)18(21)23-17)9-11-20(4)16(24-20)8-7-13/h6,15-17,22H,2,5,7-12H2,1,3-4H3/b13-6+/t15-,16+,17+,19+,20-/m1/s1. The molecule has 5 atom stereocenters. The Morgan fingerprint density at radius 2 is 2.00 bits per heavy atom. The highest BCUT2D eigenvalue weighted by Crippen LogP contribution is 2.46. The Kier molecular flexibility index (Phi) is 4.65. The molecule has 134 valence electrons. The molecule has 0 radical (unpaired) electrons. The van der Waals surface area contributed by atoms with Crippen LogP contribution in [-0.2, 0) is 14.3 Å². The Morgan fingerprint density at radius 1 is 1.25 bits per heavy atom. The molecule has 0 aromatic heterocycles. The van der Waals surface area contributed by atoms with Crippen LogP contribution in [0.1, 0.15) is 65.7 Å². The summed E-state index contributed by atoms with van der Waals surface area (Å²) < 4.78 is 11.4. The van der Waals surface area contributed by atoms with Crippen molar-refractivity contribution in [2.24, 2.45) is 5.92 Å². The summed E-state index contributed by atoms with van der Waals surface area (Å²) in [5.41, 5.74) is 0.820. The molecule has 4 nitrogen and oxygen atoms in total. The van der Waals surface area contributed by atoms with Crippen molar-refractivity contribution < 1.29 is 19.4 Å². The van der Waals surface area contributed by atoms with E-state index in [1.165, 1.54) is 5.57 Å². The maximum absolute atomic E-state index is 12.2. The van der Waals surface area contributed by atoms with Crippen molar-refractivity contribution in [3.8, 4) is 0 Å². The first kappa shape index (κ1) is 17.7. The quantitative estimate of drug-likeness (QED) is 0.318. The Morgan fingerprint density at radius 3 is 2.75 bits per heavy atom. The average Bonchev–Trinajstić information content (AvgIpc) is 3.16. The SMILES string of the molecule is C=C1C(=O)O[C@H]2C[C@H]1CC[C@@]1(C)O[C@H]1CC/C(C)=C/CC[C@]2(C)O. The lowest BCUT2D eigenvalue weighted by molar-refractivity contribution is -0.168. The molecule has 0 aromatic carbocycles. The van der Waals surface area contributed by atoms with Gasteiger partial charge in [-0.2, -0.15) is 0 Å². The third kappa shape index (κ3) is 3.60. The van der Waals surface area contributed by atoms with Gasteiger partial charge in [-0.25, -0.2) is 4.79 Å². The minimum absolute atomic E-state index is 0.0654. The Bertz CT molecular complexity index is 562. The van der Waals surface area contributed by atoms with Gasteiger partial charge in [0.1, 0.15) is 6.10 Å². The molecule has 0 amide bonds. The highest BCUT2D eigenvalue weighted by molar-refractivity contribution is 5.89. The topological polar surface area (TPSA) is 59.1 Å². The number of ether oxygens (including phenoxy) is 2. The van der Waals surface area contributed by atoms with E-state index in [1.807, 2.05) is 0 Å². The lowest BCUT2D eigenvalue weighted by atomic mass is 9.79. The Hall–Kier alpha value is -1.13. The number of hydrogen-bond acceptors (Lipinski definition) is 4. The van der Waals surface area contributed by atoms with Gasteiger partial charge in [-0.15, -0.1) is 0 Å². The molecule has 0 aromatic rings. The van der Waals surface area contributed by atoms with Gasteiger partial charge in [0.05, 0.1) is 17.3 Å². The number of carbonyl (C=O) groups excluding carboxylic acids is 1. The number of allylic oxidation sites excluding steroid dienone is 2. The van der Waals surface area contributed by atoms with Crippen molar-refractivity contribution in [1.82, 2.24) is 0 Å². The number of esters is 1. The molecule has 1 N–H and O–H groups in total. The summed E-state index contributed by atoms with van der Waals surface area (Å²) in [4.78, 5) is 12.2. The number of epoxide rings is 1. The summed E-state index contributed by atoms with van der Waals surface area (Å²) in [6.45, 7) is 10.0. The maximum atomic E-state index is 12.2. The molecular weight excluding hydrogens is 304 g/mol. The van der Waals surface area contributed by atoms with Crippen LogP contribution >= 0.6 is 0 Å². The van der Waals surface area contributed by atoms with E-state index in [1.54, 1.807) is 6.92 Å². The van der Waals surface area contributed by atoms with Crippen LogP contribution in [0.15, 0.2) is 23.8 Å². The van der Waals surface area contributed by atoms with Crippen LogP contribution in [-0.4, -0.2) is 34.5 Å². The van der Waals surface area contributed by atoms with Crippen molar-refractivity contribution in [2.45, 2.75) is 89.1 Å². The van der Waals surface area contributed by atoms with Crippen LogP contribution in [0.25, 0.3) is 0 Å². The first-order chi connectivity index (χ1) is 11.2. The van der Waals surface area contributed by atoms with E-state index < -0.39 is 11.7 Å². The predicted molar refractivity (Wildman–Crippen MR) is 92.5 cm³/mol. The van der Waals surface area contributed by atoms with Gasteiger partial charge in [0, 0.05) is 5.57 Å². The largest absolute Gasteiger partial charge is 0.456 e. The van der Waals surface area contributed by atoms with Crippen molar-refractivity contribution >= 4 is 5.97 Å². The molecule has 0 saturated carbocycles. The van der Waals surface area contributed by atoms with Crippen LogP contribution in [0.2, 0.25) is 0 Å². The summed E-state index contributed by atoms with van der Waals surface area (Å²) in [5.74, 6) is -0.279. The zero-order valence-electron chi connectivity index (χ0n) is 15.1. The van der Waals surface area contributed by atoms with Crippen LogP contribution in [0.5, 0.6) is 0 Å². The number of fused-ring (bicyclic) bond motifs is 3. The summed E-state index contributed by atoms with van der Waals surface area (Å²) in [7, 11) is 0. The minimum atomic E-state index is -1.00. The van der Waals surface area contributed by atoms with Gasteiger partial charge in [0.25, 0.3) is 0 Å². The highest BCUT2D eigenvalue weighted by Gasteiger charge is 2.52. The highest BCUT2D eigenvalue weighted by atomic mass is 16.6. The summed E-state index contributed by atoms with van der Waals surface area (Å²) in [6, 6.07) is 0. The first-order valence-electron chi connectivity index (χ1n) is 9.17. The van der Waals surface area contributed by atoms with Gasteiger partial charge in [-0.05, 0) is 71.6 Å². The first-order valence-corrected chi connectivity index (χ1v) is 9.17. The minimum Gasteiger partial charge on any atom is -0.456 e. The van der Waals surface area contributed by atoms with E-state index in [4.69, 9.17) is 9.47 Å². The van der Waals surface area contributed by atoms with Crippen molar-refractivity contribution in [2.75, 3.05) is 0 Å². The maximum Gasteiger partial charge on any atom is 0.334 e. The second-order valence-corrected chi connectivity index (χ2v) is 8.29. The molecule has 2 bridgehead atoms. The van der Waals surface area contributed by atoms with Gasteiger partial charge in [0.2, 0.25) is 0 Å². The van der Waals surface area contributed by atoms with Gasteiger partial charge >= 0.3 is 5.97 Å². The van der Waals surface area contributed by atoms with Gasteiger partial charge in [-0.1, -0.05) is 18.2 Å². The van der Waals surface area contributed by atoms with Gasteiger partial charge in [0.15, 0.2) is 0 Å². The molecule has 0 unspecified atom stereocenters. The van der Waals surface area contributed by atoms with E-state index >= 15 is 0 Å². The zero-order chi connectivity index (χ0) is 17.5. The average molecular weight is 334 g/mol. The molecule has 24 heavy (non-hydrogen) atoms. The number of hydrogen-bond donors (Lipinski definition) is 1. The molecule has 3 rings (SSSR count). The summed E-state index contributed by atoms with van der Waals surface area (Å²) in [5, 5.41) is 10.8. The van der Waals surface area contributed by atoms with Crippen molar-refractivity contribution in [1.29, 1.82) is 0 Å². The molecule has 1 aliphatic carbocycles. The van der Waals surface area contributed by atoms with E-state index in [-0.39, 0.29) is 17.5 Å². The van der Waals surface area contributed by atoms with Crippen LogP contribution < -0.4 is 0 Å². The molecular formula is C20H30O4. The molecule has 2 saturated heterocycles. The fourth-order valence-electron chi connectivity index (χ4n) is 4.06. The van der Waals surface area contributed by atoms with E-state index in [2.05, 4.69) is 26.5 Å². The number of rotatable bonds is 0. The lowest BCUT2D eigenvalue weighted by Gasteiger charge is -2.39. The summed E-state index contributed by atoms with van der Waals surface area (Å²) >= 11 is 0.